The minimum atomic E-state index is 0.527. The second kappa shape index (κ2) is 5.71. The van der Waals surface area contributed by atoms with Gasteiger partial charge in [-0.1, -0.05) is 13.8 Å². The van der Waals surface area contributed by atoms with Crippen molar-refractivity contribution in [1.29, 1.82) is 0 Å². The van der Waals surface area contributed by atoms with Crippen LogP contribution in [0.4, 0.5) is 0 Å². The van der Waals surface area contributed by atoms with Gasteiger partial charge < -0.3 is 0 Å². The Labute approximate surface area is 110 Å². The van der Waals surface area contributed by atoms with Crippen molar-refractivity contribution in [2.75, 3.05) is 13.1 Å². The highest BCUT2D eigenvalue weighted by molar-refractivity contribution is 8.00. The summed E-state index contributed by atoms with van der Waals surface area (Å²) in [5.74, 6) is 0.527. The minimum absolute atomic E-state index is 0.527. The number of nitrogens with zero attached hydrogens (tertiary/aromatic N) is 2. The maximum absolute atomic E-state index is 5.76. The highest BCUT2D eigenvalue weighted by Crippen LogP contribution is 2.26. The molecule has 1 fully saturated rings. The summed E-state index contributed by atoms with van der Waals surface area (Å²) in [5, 5.41) is 4.72. The van der Waals surface area contributed by atoms with Crippen LogP contribution in [0.5, 0.6) is 0 Å². The van der Waals surface area contributed by atoms with Crippen molar-refractivity contribution in [2.45, 2.75) is 36.8 Å². The smallest absolute Gasteiger partial charge is 0.107 e. The lowest BCUT2D eigenvalue weighted by Gasteiger charge is -2.33. The van der Waals surface area contributed by atoms with Gasteiger partial charge in [-0.15, -0.1) is 22.9 Å². The number of thiazole rings is 1. The minimum Gasteiger partial charge on any atom is -0.294 e. The monoisotopic (exact) mass is 276 g/mol. The van der Waals surface area contributed by atoms with Gasteiger partial charge in [-0.25, -0.2) is 4.98 Å². The quantitative estimate of drug-likeness (QED) is 0.789. The Morgan fingerprint density at radius 3 is 2.69 bits per heavy atom. The van der Waals surface area contributed by atoms with E-state index in [0.717, 1.165) is 22.7 Å². The van der Waals surface area contributed by atoms with Crippen molar-refractivity contribution >= 4 is 34.7 Å². The van der Waals surface area contributed by atoms with Gasteiger partial charge in [0.05, 0.1) is 18.1 Å². The molecule has 0 amide bonds. The first-order valence-corrected chi connectivity index (χ1v) is 7.90. The van der Waals surface area contributed by atoms with Gasteiger partial charge in [0.25, 0.3) is 0 Å². The molecule has 2 rings (SSSR count). The number of halogens is 1. The first-order valence-electron chi connectivity index (χ1n) is 5.54. The van der Waals surface area contributed by atoms with E-state index < -0.39 is 0 Å². The molecular weight excluding hydrogens is 260 g/mol. The first-order chi connectivity index (χ1) is 7.67. The summed E-state index contributed by atoms with van der Waals surface area (Å²) in [6.45, 7) is 7.94. The van der Waals surface area contributed by atoms with Gasteiger partial charge in [0, 0.05) is 29.0 Å². The maximum atomic E-state index is 5.76. The highest BCUT2D eigenvalue weighted by atomic mass is 35.5. The van der Waals surface area contributed by atoms with E-state index in [1.165, 1.54) is 18.1 Å². The Morgan fingerprint density at radius 1 is 1.44 bits per heavy atom. The Bertz CT molecular complexity index is 332. The van der Waals surface area contributed by atoms with Crippen molar-refractivity contribution in [3.8, 4) is 0 Å². The van der Waals surface area contributed by atoms with Crippen molar-refractivity contribution in [3.63, 3.8) is 0 Å². The van der Waals surface area contributed by atoms with E-state index in [2.05, 4.69) is 40.9 Å². The molecule has 2 atom stereocenters. The third-order valence-corrected chi connectivity index (χ3v) is 4.97. The van der Waals surface area contributed by atoms with Crippen LogP contribution in [0.1, 0.15) is 24.5 Å². The topological polar surface area (TPSA) is 16.1 Å². The van der Waals surface area contributed by atoms with E-state index in [9.17, 15) is 0 Å². The third-order valence-electron chi connectivity index (χ3n) is 2.59. The van der Waals surface area contributed by atoms with E-state index >= 15 is 0 Å². The van der Waals surface area contributed by atoms with Crippen LogP contribution in [0.15, 0.2) is 5.38 Å². The summed E-state index contributed by atoms with van der Waals surface area (Å²) >= 11 is 9.57. The van der Waals surface area contributed by atoms with Crippen molar-refractivity contribution < 1.29 is 0 Å². The van der Waals surface area contributed by atoms with Gasteiger partial charge in [-0.3, -0.25) is 4.90 Å². The zero-order valence-electron chi connectivity index (χ0n) is 9.65. The molecule has 0 radical (unpaired) electrons. The number of rotatable bonds is 3. The highest BCUT2D eigenvalue weighted by Gasteiger charge is 2.22. The van der Waals surface area contributed by atoms with E-state index in [1.54, 1.807) is 11.3 Å². The predicted molar refractivity (Wildman–Crippen MR) is 73.5 cm³/mol. The molecule has 1 aromatic rings. The molecule has 1 aromatic heterocycles. The van der Waals surface area contributed by atoms with Crippen LogP contribution >= 0.6 is 34.7 Å². The maximum Gasteiger partial charge on any atom is 0.107 e. The normalized spacial score (nSPS) is 27.2. The van der Waals surface area contributed by atoms with Crippen molar-refractivity contribution in [1.82, 2.24) is 9.88 Å². The van der Waals surface area contributed by atoms with Gasteiger partial charge in [0.2, 0.25) is 0 Å². The molecular formula is C11H17ClN2S2. The Balaban J connectivity index is 1.93. The molecule has 16 heavy (non-hydrogen) atoms. The summed E-state index contributed by atoms with van der Waals surface area (Å²) < 4.78 is 0. The summed E-state index contributed by atoms with van der Waals surface area (Å²) in [7, 11) is 0. The Kier molecular flexibility index (Phi) is 4.53. The molecule has 2 heterocycles. The third kappa shape index (κ3) is 3.36. The predicted octanol–water partition coefficient (Wildman–Crippen LogP) is 3.21. The fraction of sp³-hybridized carbons (Fsp3) is 0.727. The summed E-state index contributed by atoms with van der Waals surface area (Å²) in [5.41, 5.74) is 1.01. The van der Waals surface area contributed by atoms with Crippen LogP contribution < -0.4 is 0 Å². The number of aromatic nitrogens is 1. The largest absolute Gasteiger partial charge is 0.294 e. The second-order valence-corrected chi connectivity index (χ2v) is 7.41. The van der Waals surface area contributed by atoms with Crippen LogP contribution in [0.3, 0.4) is 0 Å². The molecule has 0 bridgehead atoms. The molecule has 0 spiro atoms. The molecule has 2 nitrogen and oxygen atoms in total. The lowest BCUT2D eigenvalue weighted by molar-refractivity contribution is 0.262. The Hall–Kier alpha value is 0.230. The SMILES string of the molecule is CC1CN(Cc2nc(CCl)cs2)CC(C)S1. The lowest BCUT2D eigenvalue weighted by atomic mass is 10.3. The Morgan fingerprint density at radius 2 is 2.12 bits per heavy atom. The van der Waals surface area contributed by atoms with Crippen LogP contribution in [-0.2, 0) is 12.4 Å². The molecule has 0 saturated carbocycles. The molecule has 1 aliphatic rings. The summed E-state index contributed by atoms with van der Waals surface area (Å²) in [6, 6.07) is 0. The zero-order chi connectivity index (χ0) is 11.5. The number of thioether (sulfide) groups is 1. The van der Waals surface area contributed by atoms with Crippen LogP contribution in [0, 0.1) is 0 Å². The number of hydrogen-bond donors (Lipinski definition) is 0. The van der Waals surface area contributed by atoms with E-state index in [-0.39, 0.29) is 0 Å². The first kappa shape index (κ1) is 12.7. The standard InChI is InChI=1S/C11H17ClN2S2/c1-8-4-14(5-9(2)16-8)6-11-13-10(3-12)7-15-11/h7-9H,3-6H2,1-2H3. The number of alkyl halides is 1. The van der Waals surface area contributed by atoms with Gasteiger partial charge in [0.1, 0.15) is 5.01 Å². The fourth-order valence-corrected chi connectivity index (χ4v) is 4.54. The van der Waals surface area contributed by atoms with Gasteiger partial charge in [-0.05, 0) is 0 Å². The molecule has 2 unspecified atom stereocenters. The molecule has 0 aromatic carbocycles. The average Bonchev–Trinajstić information content (AvgIpc) is 2.64. The fourth-order valence-electron chi connectivity index (χ4n) is 2.09. The second-order valence-electron chi connectivity index (χ2n) is 4.32. The molecule has 0 aliphatic carbocycles. The van der Waals surface area contributed by atoms with E-state index in [1.807, 2.05) is 0 Å². The summed E-state index contributed by atoms with van der Waals surface area (Å²) in [4.78, 5) is 7.01. The van der Waals surface area contributed by atoms with E-state index in [0.29, 0.717) is 5.88 Å². The van der Waals surface area contributed by atoms with Crippen LogP contribution in [-0.4, -0.2) is 33.5 Å². The molecule has 1 saturated heterocycles. The van der Waals surface area contributed by atoms with Crippen molar-refractivity contribution in [3.05, 3.63) is 16.1 Å². The van der Waals surface area contributed by atoms with Gasteiger partial charge in [0.15, 0.2) is 0 Å². The molecule has 5 heteroatoms. The van der Waals surface area contributed by atoms with Crippen LogP contribution in [0.25, 0.3) is 0 Å². The molecule has 90 valence electrons. The molecule has 1 aliphatic heterocycles. The van der Waals surface area contributed by atoms with Crippen molar-refractivity contribution in [2.24, 2.45) is 0 Å². The lowest BCUT2D eigenvalue weighted by Crippen LogP contribution is -2.39. The average molecular weight is 277 g/mol. The summed E-state index contributed by atoms with van der Waals surface area (Å²) in [6.07, 6.45) is 0. The van der Waals surface area contributed by atoms with Crippen LogP contribution in [0.2, 0.25) is 0 Å². The molecule has 0 N–H and O–H groups in total. The van der Waals surface area contributed by atoms with E-state index in [4.69, 9.17) is 11.6 Å². The number of hydrogen-bond acceptors (Lipinski definition) is 4. The van der Waals surface area contributed by atoms with Gasteiger partial charge >= 0.3 is 0 Å². The van der Waals surface area contributed by atoms with Gasteiger partial charge in [-0.2, -0.15) is 11.8 Å². The zero-order valence-corrected chi connectivity index (χ0v) is 12.0.